The summed E-state index contributed by atoms with van der Waals surface area (Å²) in [6, 6.07) is 12.3. The van der Waals surface area contributed by atoms with Gasteiger partial charge in [-0.15, -0.1) is 0 Å². The minimum atomic E-state index is -2.24. The first-order chi connectivity index (χ1) is 14.2. The summed E-state index contributed by atoms with van der Waals surface area (Å²) in [6.45, 7) is 0. The summed E-state index contributed by atoms with van der Waals surface area (Å²) < 4.78 is -2.24. The van der Waals surface area contributed by atoms with Crippen molar-refractivity contribution < 1.29 is 29.4 Å². The molecule has 2 aromatic rings. The average Bonchev–Trinajstić information content (AvgIpc) is 2.76. The first-order valence-electron chi connectivity index (χ1n) is 8.69. The predicted molar refractivity (Wildman–Crippen MR) is 116 cm³/mol. The topological polar surface area (TPSA) is 161 Å². The van der Waals surface area contributed by atoms with E-state index in [2.05, 4.69) is 0 Å². The number of Topliss-reactive ketones (excluding diaryl/α,β-unsaturated/α-hetero) is 2. The summed E-state index contributed by atoms with van der Waals surface area (Å²) in [6.07, 6.45) is 0. The predicted octanol–water partition coefficient (Wildman–Crippen LogP) is 1.70. The molecule has 0 bridgehead atoms. The van der Waals surface area contributed by atoms with Crippen molar-refractivity contribution in [1.29, 1.82) is 0 Å². The maximum Gasteiger partial charge on any atom is 0.322 e. The van der Waals surface area contributed by atoms with Crippen LogP contribution < -0.4 is 11.5 Å². The standard InChI is InChI=1S/C20H20N2O6S2/c21-14(18(25)26)11-29-30-20(15(22)19(27)28,16(23)12-7-3-1-4-8-12)17(24)13-9-5-2-6-10-13/h1-10,14-15H,11,21-22H2,(H,25,26)(H,27,28)/t14-,15+/m0/s1. The molecule has 10 heteroatoms. The van der Waals surface area contributed by atoms with Crippen LogP contribution in [0.5, 0.6) is 0 Å². The van der Waals surface area contributed by atoms with Crippen LogP contribution in [-0.4, -0.2) is 56.3 Å². The Morgan fingerprint density at radius 2 is 1.23 bits per heavy atom. The molecular formula is C20H20N2O6S2. The van der Waals surface area contributed by atoms with Gasteiger partial charge in [0, 0.05) is 16.9 Å². The number of hydrogen-bond acceptors (Lipinski definition) is 8. The number of ketones is 2. The zero-order valence-electron chi connectivity index (χ0n) is 15.6. The van der Waals surface area contributed by atoms with E-state index in [1.54, 1.807) is 36.4 Å². The number of nitrogens with two attached hydrogens (primary N) is 2. The maximum absolute atomic E-state index is 13.5. The van der Waals surface area contributed by atoms with Gasteiger partial charge in [0.15, 0.2) is 16.3 Å². The third-order valence-electron chi connectivity index (χ3n) is 4.21. The molecule has 158 valence electrons. The summed E-state index contributed by atoms with van der Waals surface area (Å²) >= 11 is 0. The lowest BCUT2D eigenvalue weighted by Crippen LogP contribution is -2.60. The van der Waals surface area contributed by atoms with Gasteiger partial charge in [-0.1, -0.05) is 82.3 Å². The molecule has 0 aliphatic carbocycles. The minimum Gasteiger partial charge on any atom is -0.480 e. The zero-order valence-corrected chi connectivity index (χ0v) is 17.3. The molecule has 0 radical (unpaired) electrons. The fourth-order valence-corrected chi connectivity index (χ4v) is 5.67. The van der Waals surface area contributed by atoms with Crippen molar-refractivity contribution in [2.75, 3.05) is 5.75 Å². The molecule has 0 saturated heterocycles. The molecule has 0 heterocycles. The first-order valence-corrected chi connectivity index (χ1v) is 11.0. The Kier molecular flexibility index (Phi) is 8.18. The van der Waals surface area contributed by atoms with Gasteiger partial charge in [0.25, 0.3) is 0 Å². The van der Waals surface area contributed by atoms with E-state index in [0.717, 1.165) is 10.8 Å². The van der Waals surface area contributed by atoms with E-state index >= 15 is 0 Å². The van der Waals surface area contributed by atoms with Gasteiger partial charge in [0.2, 0.25) is 0 Å². The van der Waals surface area contributed by atoms with Crippen LogP contribution in [0.4, 0.5) is 0 Å². The van der Waals surface area contributed by atoms with Gasteiger partial charge in [-0.25, -0.2) is 0 Å². The minimum absolute atomic E-state index is 0.106. The molecular weight excluding hydrogens is 428 g/mol. The lowest BCUT2D eigenvalue weighted by atomic mass is 9.83. The highest BCUT2D eigenvalue weighted by atomic mass is 33.1. The Morgan fingerprint density at radius 3 is 1.60 bits per heavy atom. The molecule has 0 aliphatic heterocycles. The Labute approximate surface area is 180 Å². The third kappa shape index (κ3) is 5.08. The Balaban J connectivity index is 2.58. The number of rotatable bonds is 11. The van der Waals surface area contributed by atoms with E-state index < -0.39 is 40.3 Å². The molecule has 8 nitrogen and oxygen atoms in total. The molecule has 0 aromatic heterocycles. The second kappa shape index (κ2) is 10.4. The van der Waals surface area contributed by atoms with E-state index in [-0.39, 0.29) is 16.9 Å². The zero-order chi connectivity index (χ0) is 22.3. The molecule has 0 amide bonds. The maximum atomic E-state index is 13.5. The summed E-state index contributed by atoms with van der Waals surface area (Å²) in [5.41, 5.74) is 11.6. The summed E-state index contributed by atoms with van der Waals surface area (Å²) in [7, 11) is 1.44. The number of aliphatic carboxylic acids is 2. The van der Waals surface area contributed by atoms with Crippen LogP contribution >= 0.6 is 21.6 Å². The van der Waals surface area contributed by atoms with Crippen molar-refractivity contribution >= 4 is 45.1 Å². The molecule has 2 rings (SSSR count). The third-order valence-corrected chi connectivity index (χ3v) is 7.26. The molecule has 0 fully saturated rings. The molecule has 0 saturated carbocycles. The van der Waals surface area contributed by atoms with Gasteiger partial charge in [-0.2, -0.15) is 0 Å². The smallest absolute Gasteiger partial charge is 0.322 e. The summed E-state index contributed by atoms with van der Waals surface area (Å²) in [5, 5.41) is 18.6. The highest BCUT2D eigenvalue weighted by Gasteiger charge is 2.55. The van der Waals surface area contributed by atoms with Crippen molar-refractivity contribution in [3.63, 3.8) is 0 Å². The SMILES string of the molecule is N[C@H](C(=O)O)C(SSC[C@H](N)C(=O)O)(C(=O)c1ccccc1)C(=O)c1ccccc1. The Bertz CT molecular complexity index is 872. The van der Waals surface area contributed by atoms with Gasteiger partial charge < -0.3 is 21.7 Å². The fraction of sp³-hybridized carbons (Fsp3) is 0.200. The van der Waals surface area contributed by atoms with Gasteiger partial charge in [-0.05, 0) is 0 Å². The lowest BCUT2D eigenvalue weighted by molar-refractivity contribution is -0.139. The van der Waals surface area contributed by atoms with E-state index in [1.807, 2.05) is 0 Å². The van der Waals surface area contributed by atoms with Crippen molar-refractivity contribution in [1.82, 2.24) is 0 Å². The van der Waals surface area contributed by atoms with Crippen LogP contribution in [0.3, 0.4) is 0 Å². The second-order valence-corrected chi connectivity index (χ2v) is 8.84. The van der Waals surface area contributed by atoms with Gasteiger partial charge in [0.1, 0.15) is 12.1 Å². The van der Waals surface area contributed by atoms with Gasteiger partial charge >= 0.3 is 11.9 Å². The summed E-state index contributed by atoms with van der Waals surface area (Å²) in [4.78, 5) is 49.8. The largest absolute Gasteiger partial charge is 0.480 e. The first kappa shape index (κ1) is 23.6. The van der Waals surface area contributed by atoms with Crippen molar-refractivity contribution in [2.24, 2.45) is 11.5 Å². The molecule has 0 aliphatic rings. The highest BCUT2D eigenvalue weighted by Crippen LogP contribution is 2.43. The van der Waals surface area contributed by atoms with Crippen LogP contribution in [0.2, 0.25) is 0 Å². The fourth-order valence-electron chi connectivity index (χ4n) is 2.57. The van der Waals surface area contributed by atoms with Crippen LogP contribution in [0.15, 0.2) is 60.7 Å². The van der Waals surface area contributed by atoms with Crippen molar-refractivity contribution in [3.05, 3.63) is 71.8 Å². The second-order valence-electron chi connectivity index (χ2n) is 6.25. The monoisotopic (exact) mass is 448 g/mol. The number of hydrogen-bond donors (Lipinski definition) is 4. The van der Waals surface area contributed by atoms with Crippen molar-refractivity contribution in [2.45, 2.75) is 16.8 Å². The van der Waals surface area contributed by atoms with E-state index in [0.29, 0.717) is 10.8 Å². The lowest BCUT2D eigenvalue weighted by Gasteiger charge is -2.33. The Morgan fingerprint density at radius 1 is 0.800 bits per heavy atom. The van der Waals surface area contributed by atoms with Crippen LogP contribution in [-0.2, 0) is 9.59 Å². The Hall–Kier alpha value is -2.66. The number of benzene rings is 2. The van der Waals surface area contributed by atoms with Gasteiger partial charge in [-0.3, -0.25) is 19.2 Å². The molecule has 30 heavy (non-hydrogen) atoms. The average molecular weight is 449 g/mol. The van der Waals surface area contributed by atoms with Crippen molar-refractivity contribution in [3.8, 4) is 0 Å². The molecule has 2 atom stereocenters. The normalized spacial score (nSPS) is 13.3. The quantitative estimate of drug-likeness (QED) is 0.226. The van der Waals surface area contributed by atoms with E-state index in [1.165, 1.54) is 24.3 Å². The van der Waals surface area contributed by atoms with E-state index in [4.69, 9.17) is 16.6 Å². The number of carbonyl (C=O) groups excluding carboxylic acids is 2. The number of carboxylic acids is 2. The van der Waals surface area contributed by atoms with Gasteiger partial charge in [0.05, 0.1) is 0 Å². The highest BCUT2D eigenvalue weighted by molar-refractivity contribution is 8.77. The molecule has 0 unspecified atom stereocenters. The number of carboxylic acid groups (broad SMARTS) is 2. The number of carbonyl (C=O) groups is 4. The van der Waals surface area contributed by atoms with Crippen LogP contribution in [0.1, 0.15) is 20.7 Å². The molecule has 0 spiro atoms. The summed E-state index contributed by atoms with van der Waals surface area (Å²) in [5.74, 6) is -4.54. The molecule has 2 aromatic carbocycles. The van der Waals surface area contributed by atoms with Crippen LogP contribution in [0, 0.1) is 0 Å². The van der Waals surface area contributed by atoms with E-state index in [9.17, 15) is 24.3 Å². The van der Waals surface area contributed by atoms with Crippen LogP contribution in [0.25, 0.3) is 0 Å². The molecule has 6 N–H and O–H groups in total.